The number of aromatic nitrogens is 2. The molecule has 2 fully saturated rings. The zero-order valence-electron chi connectivity index (χ0n) is 10.6. The first-order valence-electron chi connectivity index (χ1n) is 6.44. The Hall–Kier alpha value is -0.880. The molecule has 1 atom stereocenters. The second kappa shape index (κ2) is 4.06. The fourth-order valence-electron chi connectivity index (χ4n) is 2.60. The van der Waals surface area contributed by atoms with Gasteiger partial charge in [-0.1, -0.05) is 0 Å². The first-order valence-corrected chi connectivity index (χ1v) is 8.26. The molecule has 3 rings (SSSR count). The Labute approximate surface area is 108 Å². The van der Waals surface area contributed by atoms with Crippen LogP contribution in [0.2, 0.25) is 0 Å². The molecule has 2 heterocycles. The van der Waals surface area contributed by atoms with Crippen LogP contribution in [-0.4, -0.2) is 35.0 Å². The third-order valence-electron chi connectivity index (χ3n) is 3.89. The first kappa shape index (κ1) is 12.2. The highest BCUT2D eigenvalue weighted by Gasteiger charge is 2.38. The van der Waals surface area contributed by atoms with Gasteiger partial charge in [0.25, 0.3) is 0 Å². The van der Waals surface area contributed by atoms with E-state index in [2.05, 4.69) is 14.9 Å². The van der Waals surface area contributed by atoms with Gasteiger partial charge in [0.05, 0.1) is 23.5 Å². The molecule has 1 aromatic rings. The van der Waals surface area contributed by atoms with Gasteiger partial charge in [-0.2, -0.15) is 0 Å². The summed E-state index contributed by atoms with van der Waals surface area (Å²) in [4.78, 5) is 4.18. The topological polar surface area (TPSA) is 64.0 Å². The van der Waals surface area contributed by atoms with Crippen molar-refractivity contribution < 1.29 is 8.42 Å². The quantitative estimate of drug-likeness (QED) is 0.881. The Balaban J connectivity index is 1.66. The fourth-order valence-corrected chi connectivity index (χ4v) is 4.73. The second-order valence-electron chi connectivity index (χ2n) is 5.78. The summed E-state index contributed by atoms with van der Waals surface area (Å²) in [6.45, 7) is 2.69. The van der Waals surface area contributed by atoms with Crippen LogP contribution >= 0.6 is 0 Å². The van der Waals surface area contributed by atoms with Crippen molar-refractivity contribution in [3.63, 3.8) is 0 Å². The van der Waals surface area contributed by atoms with Crippen LogP contribution in [0.25, 0.3) is 0 Å². The minimum Gasteiger partial charge on any atom is -0.330 e. The van der Waals surface area contributed by atoms with Crippen LogP contribution in [0.3, 0.4) is 0 Å². The molecule has 1 aliphatic carbocycles. The van der Waals surface area contributed by atoms with Crippen molar-refractivity contribution >= 4 is 9.84 Å². The molecule has 5 nitrogen and oxygen atoms in total. The zero-order chi connectivity index (χ0) is 12.8. The Morgan fingerprint density at radius 1 is 1.56 bits per heavy atom. The predicted octanol–water partition coefficient (Wildman–Crippen LogP) is 0.885. The molecule has 2 aliphatic rings. The molecule has 100 valence electrons. The van der Waals surface area contributed by atoms with Crippen LogP contribution in [0.1, 0.15) is 37.9 Å². The molecule has 1 saturated heterocycles. The molecule has 0 spiro atoms. The van der Waals surface area contributed by atoms with E-state index in [0.29, 0.717) is 24.8 Å². The lowest BCUT2D eigenvalue weighted by Crippen LogP contribution is -2.43. The second-order valence-corrected chi connectivity index (χ2v) is 7.96. The molecular weight excluding hydrogens is 250 g/mol. The van der Waals surface area contributed by atoms with E-state index >= 15 is 0 Å². The highest BCUT2D eigenvalue weighted by Crippen LogP contribution is 2.35. The monoisotopic (exact) mass is 269 g/mol. The number of imidazole rings is 1. The van der Waals surface area contributed by atoms with Crippen molar-refractivity contribution in [3.8, 4) is 0 Å². The first-order chi connectivity index (χ1) is 8.48. The molecule has 18 heavy (non-hydrogen) atoms. The van der Waals surface area contributed by atoms with Crippen LogP contribution in [0.5, 0.6) is 0 Å². The van der Waals surface area contributed by atoms with E-state index < -0.39 is 9.84 Å². The van der Waals surface area contributed by atoms with Crippen molar-refractivity contribution in [2.45, 2.75) is 44.3 Å². The van der Waals surface area contributed by atoms with E-state index in [1.54, 1.807) is 0 Å². The number of hydrogen-bond acceptors (Lipinski definition) is 4. The van der Waals surface area contributed by atoms with Gasteiger partial charge in [-0.25, -0.2) is 13.4 Å². The maximum atomic E-state index is 11.5. The maximum absolute atomic E-state index is 11.5. The molecule has 1 N–H and O–H groups in total. The summed E-state index contributed by atoms with van der Waals surface area (Å²) in [6.07, 6.45) is 6.91. The highest BCUT2D eigenvalue weighted by atomic mass is 32.2. The Morgan fingerprint density at radius 2 is 2.33 bits per heavy atom. The Bertz CT molecular complexity index is 547. The smallest absolute Gasteiger partial charge is 0.152 e. The molecule has 1 saturated carbocycles. The Morgan fingerprint density at radius 3 is 2.94 bits per heavy atom. The van der Waals surface area contributed by atoms with Gasteiger partial charge >= 0.3 is 0 Å². The van der Waals surface area contributed by atoms with Crippen LogP contribution in [0.4, 0.5) is 0 Å². The van der Waals surface area contributed by atoms with Gasteiger partial charge in [0.15, 0.2) is 9.84 Å². The standard InChI is InChI=1S/C12H19N3O2S/c1-12(4-5-18(16,17)8-12)14-7-11-6-13-9-15(11)10-2-3-10/h6,9-10,14H,2-5,7-8H2,1H3. The number of hydrogen-bond donors (Lipinski definition) is 1. The molecule has 1 unspecified atom stereocenters. The number of rotatable bonds is 4. The summed E-state index contributed by atoms with van der Waals surface area (Å²) >= 11 is 0. The zero-order valence-corrected chi connectivity index (χ0v) is 11.4. The van der Waals surface area contributed by atoms with Gasteiger partial charge in [-0.3, -0.25) is 0 Å². The summed E-state index contributed by atoms with van der Waals surface area (Å²) in [5, 5.41) is 3.40. The minimum absolute atomic E-state index is 0.248. The van der Waals surface area contributed by atoms with Crippen molar-refractivity contribution in [2.75, 3.05) is 11.5 Å². The number of sulfone groups is 1. The van der Waals surface area contributed by atoms with E-state index in [0.717, 1.165) is 5.69 Å². The average molecular weight is 269 g/mol. The van der Waals surface area contributed by atoms with Crippen molar-refractivity contribution in [1.29, 1.82) is 0 Å². The van der Waals surface area contributed by atoms with Crippen LogP contribution in [0, 0.1) is 0 Å². The third kappa shape index (κ3) is 2.44. The van der Waals surface area contributed by atoms with Gasteiger partial charge in [0.1, 0.15) is 0 Å². The maximum Gasteiger partial charge on any atom is 0.152 e. The summed E-state index contributed by atoms with van der Waals surface area (Å²) in [5.74, 6) is 0.552. The van der Waals surface area contributed by atoms with E-state index in [-0.39, 0.29) is 11.3 Å². The van der Waals surface area contributed by atoms with E-state index in [1.165, 1.54) is 12.8 Å². The van der Waals surface area contributed by atoms with E-state index in [1.807, 2.05) is 19.4 Å². The lowest BCUT2D eigenvalue weighted by atomic mass is 10.0. The highest BCUT2D eigenvalue weighted by molar-refractivity contribution is 7.91. The molecule has 0 bridgehead atoms. The normalized spacial score (nSPS) is 30.7. The average Bonchev–Trinajstić information content (AvgIpc) is 2.96. The van der Waals surface area contributed by atoms with Crippen molar-refractivity contribution in [2.24, 2.45) is 0 Å². The number of nitrogens with one attached hydrogen (secondary N) is 1. The van der Waals surface area contributed by atoms with Crippen molar-refractivity contribution in [3.05, 3.63) is 18.2 Å². The summed E-state index contributed by atoms with van der Waals surface area (Å²) in [7, 11) is -2.84. The Kier molecular flexibility index (Phi) is 2.75. The third-order valence-corrected chi connectivity index (χ3v) is 5.79. The van der Waals surface area contributed by atoms with Gasteiger partial charge in [-0.05, 0) is 26.2 Å². The van der Waals surface area contributed by atoms with Crippen LogP contribution in [-0.2, 0) is 16.4 Å². The van der Waals surface area contributed by atoms with Gasteiger partial charge in [0.2, 0.25) is 0 Å². The molecule has 1 aliphatic heterocycles. The van der Waals surface area contributed by atoms with Gasteiger partial charge in [-0.15, -0.1) is 0 Å². The molecule has 1 aromatic heterocycles. The van der Waals surface area contributed by atoms with Crippen LogP contribution in [0.15, 0.2) is 12.5 Å². The molecule has 0 aromatic carbocycles. The summed E-state index contributed by atoms with van der Waals surface area (Å²) in [5.41, 5.74) is 0.875. The lowest BCUT2D eigenvalue weighted by molar-refractivity contribution is 0.389. The van der Waals surface area contributed by atoms with Crippen molar-refractivity contribution in [1.82, 2.24) is 14.9 Å². The molecule has 0 amide bonds. The summed E-state index contributed by atoms with van der Waals surface area (Å²) in [6, 6.07) is 0.615. The number of nitrogens with zero attached hydrogens (tertiary/aromatic N) is 2. The predicted molar refractivity (Wildman–Crippen MR) is 69.0 cm³/mol. The van der Waals surface area contributed by atoms with Gasteiger partial charge < -0.3 is 9.88 Å². The SMILES string of the molecule is CC1(NCc2cncn2C2CC2)CCS(=O)(=O)C1. The van der Waals surface area contributed by atoms with E-state index in [9.17, 15) is 8.42 Å². The largest absolute Gasteiger partial charge is 0.330 e. The summed E-state index contributed by atoms with van der Waals surface area (Å²) < 4.78 is 25.3. The lowest BCUT2D eigenvalue weighted by Gasteiger charge is -2.24. The fraction of sp³-hybridized carbons (Fsp3) is 0.750. The molecule has 0 radical (unpaired) electrons. The van der Waals surface area contributed by atoms with Crippen LogP contribution < -0.4 is 5.32 Å². The molecule has 6 heteroatoms. The van der Waals surface area contributed by atoms with Gasteiger partial charge in [0, 0.05) is 24.3 Å². The minimum atomic E-state index is -2.84. The molecular formula is C12H19N3O2S. The van der Waals surface area contributed by atoms with E-state index in [4.69, 9.17) is 0 Å².